The first-order valence-corrected chi connectivity index (χ1v) is 1.89. The minimum absolute atomic E-state index is 0.880. The van der Waals surface area contributed by atoms with Gasteiger partial charge in [0.15, 0.2) is 0 Å². The van der Waals surface area contributed by atoms with Gasteiger partial charge < -0.3 is 4.42 Å². The lowest BCUT2D eigenvalue weighted by molar-refractivity contribution is 0.393. The van der Waals surface area contributed by atoms with Crippen molar-refractivity contribution in [1.82, 2.24) is 4.98 Å². The van der Waals surface area contributed by atoms with Crippen LogP contribution in [0, 0.1) is 0 Å². The normalized spacial score (nSPS) is 14.0. The maximum Gasteiger partial charge on any atom is 0.202 e. The molecule has 0 saturated carbocycles. The Balaban J connectivity index is 2.95. The van der Waals surface area contributed by atoms with Gasteiger partial charge in [0.05, 0.1) is 12.6 Å². The van der Waals surface area contributed by atoms with E-state index < -0.39 is 0 Å². The smallest absolute Gasteiger partial charge is 0.202 e. The number of nitrogens with zero attached hydrogens (tertiary/aromatic N) is 1. The Morgan fingerprint density at radius 2 is 2.67 bits per heavy atom. The highest BCUT2D eigenvalue weighted by Crippen LogP contribution is 2.17. The van der Waals surface area contributed by atoms with E-state index in [2.05, 4.69) is 4.98 Å². The first-order chi connectivity index (χ1) is 2.95. The molecule has 2 nitrogen and oxygen atoms in total. The molecule has 0 atom stereocenters. The van der Waals surface area contributed by atoms with Crippen LogP contribution in [0.5, 0.6) is 0 Å². The molecule has 6 heavy (non-hydrogen) atoms. The highest BCUT2D eigenvalue weighted by Gasteiger charge is 2.14. The van der Waals surface area contributed by atoms with Crippen molar-refractivity contribution in [1.29, 1.82) is 0 Å². The van der Waals surface area contributed by atoms with Crippen LogP contribution in [-0.4, -0.2) is 4.98 Å². The van der Waals surface area contributed by atoms with E-state index in [4.69, 9.17) is 4.42 Å². The summed E-state index contributed by atoms with van der Waals surface area (Å²) in [6.07, 6.45) is 2.73. The van der Waals surface area contributed by atoms with Crippen molar-refractivity contribution in [3.63, 3.8) is 0 Å². The lowest BCUT2D eigenvalue weighted by Crippen LogP contribution is -1.88. The summed E-state index contributed by atoms with van der Waals surface area (Å²) in [5, 5.41) is 0. The molecule has 1 aromatic rings. The summed E-state index contributed by atoms with van der Waals surface area (Å²) in [4.78, 5) is 3.84. The average molecular weight is 81.1 g/mol. The van der Waals surface area contributed by atoms with Crippen LogP contribution >= 0.6 is 0 Å². The van der Waals surface area contributed by atoms with Crippen LogP contribution in [0.4, 0.5) is 0 Å². The number of hydrogen-bond acceptors (Lipinski definition) is 2. The number of rotatable bonds is 0. The Morgan fingerprint density at radius 1 is 1.83 bits per heavy atom. The molecule has 30 valence electrons. The minimum atomic E-state index is 0.880. The van der Waals surface area contributed by atoms with Gasteiger partial charge in [-0.2, -0.15) is 0 Å². The Labute approximate surface area is 34.8 Å². The summed E-state index contributed by atoms with van der Waals surface area (Å²) in [5.41, 5.74) is 0. The molecular weight excluding hydrogens is 78.0 g/mol. The van der Waals surface area contributed by atoms with Crippen LogP contribution in [0.1, 0.15) is 11.7 Å². The van der Waals surface area contributed by atoms with Gasteiger partial charge in [-0.25, -0.2) is 4.98 Å². The van der Waals surface area contributed by atoms with Crippen molar-refractivity contribution in [2.24, 2.45) is 0 Å². The molecule has 0 N–H and O–H groups in total. The molecule has 3 rings (SSSR count). The molecule has 0 amide bonds. The van der Waals surface area contributed by atoms with E-state index in [1.54, 1.807) is 6.20 Å². The van der Waals surface area contributed by atoms with E-state index in [1.807, 2.05) is 0 Å². The fourth-order valence-corrected chi connectivity index (χ4v) is 0.580. The second-order valence-electron chi connectivity index (χ2n) is 1.40. The third-order valence-electron chi connectivity index (χ3n) is 0.927. The monoisotopic (exact) mass is 81.0 g/mol. The summed E-state index contributed by atoms with van der Waals surface area (Å²) >= 11 is 0. The van der Waals surface area contributed by atoms with Crippen LogP contribution in [0.2, 0.25) is 0 Å². The van der Waals surface area contributed by atoms with Crippen molar-refractivity contribution >= 4 is 0 Å². The molecule has 0 radical (unpaired) electrons. The average Bonchev–Trinajstić information content (AvgIpc) is 1.72. The van der Waals surface area contributed by atoms with Gasteiger partial charge in [-0.15, -0.1) is 0 Å². The van der Waals surface area contributed by atoms with Crippen LogP contribution in [0.3, 0.4) is 0 Å². The third kappa shape index (κ3) is 0.105. The molecule has 2 heteroatoms. The van der Waals surface area contributed by atoms with E-state index in [9.17, 15) is 0 Å². The topological polar surface area (TPSA) is 26.0 Å². The van der Waals surface area contributed by atoms with Gasteiger partial charge in [-0.1, -0.05) is 0 Å². The second-order valence-corrected chi connectivity index (χ2v) is 1.40. The molecule has 1 aromatic heterocycles. The zero-order valence-corrected chi connectivity index (χ0v) is 3.14. The fourth-order valence-electron chi connectivity index (χ4n) is 0.580. The molecule has 3 heterocycles. The Kier molecular flexibility index (Phi) is 0.204. The van der Waals surface area contributed by atoms with Gasteiger partial charge in [-0.3, -0.25) is 0 Å². The van der Waals surface area contributed by atoms with Gasteiger partial charge in [0.1, 0.15) is 5.76 Å². The van der Waals surface area contributed by atoms with Crippen molar-refractivity contribution in [2.75, 3.05) is 0 Å². The molecule has 0 aliphatic carbocycles. The molecule has 2 aliphatic heterocycles. The Hall–Kier alpha value is -0.790. The van der Waals surface area contributed by atoms with Crippen molar-refractivity contribution in [3.05, 3.63) is 17.8 Å². The maximum absolute atomic E-state index is 4.86. The molecule has 0 spiro atoms. The van der Waals surface area contributed by atoms with Crippen LogP contribution in [0.15, 0.2) is 10.6 Å². The fraction of sp³-hybridized carbons (Fsp3) is 0.250. The molecule has 2 aliphatic rings. The largest absolute Gasteiger partial charge is 0.445 e. The minimum Gasteiger partial charge on any atom is -0.445 e. The van der Waals surface area contributed by atoms with Gasteiger partial charge in [0.2, 0.25) is 5.89 Å². The van der Waals surface area contributed by atoms with E-state index in [-0.39, 0.29) is 0 Å². The summed E-state index contributed by atoms with van der Waals surface area (Å²) < 4.78 is 4.86. The summed E-state index contributed by atoms with van der Waals surface area (Å²) in [7, 11) is 0. The highest BCUT2D eigenvalue weighted by molar-refractivity contribution is 5.09. The number of oxazole rings is 1. The molecular formula is C4H3NO. The SMILES string of the molecule is c1nc2oc1C2. The van der Waals surface area contributed by atoms with Gasteiger partial charge in [-0.05, 0) is 0 Å². The predicted octanol–water partition coefficient (Wildman–Crippen LogP) is 0.579. The number of aromatic nitrogens is 1. The van der Waals surface area contributed by atoms with E-state index >= 15 is 0 Å². The zero-order chi connectivity index (χ0) is 3.98. The summed E-state index contributed by atoms with van der Waals surface area (Å²) in [6.45, 7) is 0. The Bertz CT molecular complexity index is 144. The molecule has 0 fully saturated rings. The van der Waals surface area contributed by atoms with Crippen LogP contribution in [-0.2, 0) is 6.42 Å². The van der Waals surface area contributed by atoms with Gasteiger partial charge in [0, 0.05) is 0 Å². The highest BCUT2D eigenvalue weighted by atomic mass is 16.4. The molecule has 0 aromatic carbocycles. The first-order valence-electron chi connectivity index (χ1n) is 1.89. The second kappa shape index (κ2) is 0.511. The standard InChI is InChI=1S/C4H3NO/c1-3-2-5-4(1)6-3/h2H,1H2. The summed E-state index contributed by atoms with van der Waals surface area (Å²) in [6, 6.07) is 0. The number of hydrogen-bond donors (Lipinski definition) is 0. The molecule has 0 unspecified atom stereocenters. The van der Waals surface area contributed by atoms with E-state index in [1.165, 1.54) is 0 Å². The van der Waals surface area contributed by atoms with E-state index in [0.29, 0.717) is 0 Å². The van der Waals surface area contributed by atoms with E-state index in [0.717, 1.165) is 18.1 Å². The molecule has 2 bridgehead atoms. The summed E-state index contributed by atoms with van der Waals surface area (Å²) in [5.74, 6) is 1.90. The van der Waals surface area contributed by atoms with Gasteiger partial charge >= 0.3 is 0 Å². The maximum atomic E-state index is 4.86. The van der Waals surface area contributed by atoms with Crippen molar-refractivity contribution in [3.8, 4) is 0 Å². The number of fused-ring (bicyclic) bond motifs is 1. The zero-order valence-electron chi connectivity index (χ0n) is 3.14. The molecule has 0 saturated heterocycles. The lowest BCUT2D eigenvalue weighted by Gasteiger charge is -1.95. The lowest BCUT2D eigenvalue weighted by atomic mass is 10.3. The Morgan fingerprint density at radius 3 is 2.83 bits per heavy atom. The van der Waals surface area contributed by atoms with Crippen LogP contribution in [0.25, 0.3) is 0 Å². The quantitative estimate of drug-likeness (QED) is 0.463. The van der Waals surface area contributed by atoms with Gasteiger partial charge in [0.25, 0.3) is 0 Å². The van der Waals surface area contributed by atoms with Crippen LogP contribution < -0.4 is 0 Å². The third-order valence-corrected chi connectivity index (χ3v) is 0.927. The predicted molar refractivity (Wildman–Crippen MR) is 19.3 cm³/mol. The van der Waals surface area contributed by atoms with Crippen molar-refractivity contribution < 1.29 is 4.42 Å². The van der Waals surface area contributed by atoms with Crippen molar-refractivity contribution in [2.45, 2.75) is 6.42 Å². The first kappa shape index (κ1) is 2.39.